The van der Waals surface area contributed by atoms with Crippen LogP contribution in [0.2, 0.25) is 0 Å². The molecule has 1 atom stereocenters. The molecular formula is C14H19N3O5. The summed E-state index contributed by atoms with van der Waals surface area (Å²) in [4.78, 5) is 36.1. The number of rotatable bonds is 4. The highest BCUT2D eigenvalue weighted by Gasteiger charge is 2.31. The number of aryl methyl sites for hydroxylation is 1. The quantitative estimate of drug-likeness (QED) is 0.475. The second-order valence-electron chi connectivity index (χ2n) is 5.29. The van der Waals surface area contributed by atoms with Gasteiger partial charge in [0.1, 0.15) is 5.69 Å². The molecule has 0 aliphatic carbocycles. The zero-order chi connectivity index (χ0) is 16.3. The van der Waals surface area contributed by atoms with Gasteiger partial charge in [-0.15, -0.1) is 0 Å². The third-order valence-electron chi connectivity index (χ3n) is 3.75. The molecule has 0 radical (unpaired) electrons. The van der Waals surface area contributed by atoms with Crippen LogP contribution in [0, 0.1) is 16.0 Å². The molecule has 1 saturated heterocycles. The Bertz CT molecular complexity index is 595. The van der Waals surface area contributed by atoms with Crippen LogP contribution in [-0.4, -0.2) is 46.0 Å². The number of nitro groups is 1. The molecule has 1 unspecified atom stereocenters. The van der Waals surface area contributed by atoms with Crippen molar-refractivity contribution in [2.45, 2.75) is 19.8 Å². The van der Waals surface area contributed by atoms with E-state index in [0.29, 0.717) is 26.0 Å². The first-order chi connectivity index (χ1) is 10.4. The Balaban J connectivity index is 2.12. The summed E-state index contributed by atoms with van der Waals surface area (Å²) in [7, 11) is 1.59. The molecule has 1 aromatic heterocycles. The maximum Gasteiger partial charge on any atom is 0.310 e. The topological polar surface area (TPSA) is 94.7 Å². The fourth-order valence-corrected chi connectivity index (χ4v) is 2.64. The Morgan fingerprint density at radius 3 is 2.82 bits per heavy atom. The summed E-state index contributed by atoms with van der Waals surface area (Å²) in [6, 6.07) is 1.26. The molecule has 1 aliphatic rings. The monoisotopic (exact) mass is 309 g/mol. The number of amides is 1. The van der Waals surface area contributed by atoms with Crippen LogP contribution in [0.4, 0.5) is 5.69 Å². The standard InChI is InChI=1S/C14H19N3O5/c1-3-22-14(19)10-5-4-6-16(8-10)13(18)12-7-11(17(20)21)9-15(12)2/h7,9-10H,3-6,8H2,1-2H3. The van der Waals surface area contributed by atoms with Gasteiger partial charge in [-0.1, -0.05) is 0 Å². The summed E-state index contributed by atoms with van der Waals surface area (Å²) in [5, 5.41) is 10.8. The molecule has 2 rings (SSSR count). The van der Waals surface area contributed by atoms with E-state index in [1.54, 1.807) is 18.9 Å². The van der Waals surface area contributed by atoms with Crippen LogP contribution in [0.1, 0.15) is 30.3 Å². The average Bonchev–Trinajstić information content (AvgIpc) is 2.89. The number of carbonyl (C=O) groups excluding carboxylic acids is 2. The molecule has 0 spiro atoms. The summed E-state index contributed by atoms with van der Waals surface area (Å²) in [6.45, 7) is 2.88. The third kappa shape index (κ3) is 3.26. The summed E-state index contributed by atoms with van der Waals surface area (Å²) in [5.74, 6) is -0.921. The zero-order valence-electron chi connectivity index (χ0n) is 12.7. The van der Waals surface area contributed by atoms with Gasteiger partial charge >= 0.3 is 5.97 Å². The summed E-state index contributed by atoms with van der Waals surface area (Å²) in [6.07, 6.45) is 2.71. The van der Waals surface area contributed by atoms with Crippen molar-refractivity contribution in [2.24, 2.45) is 13.0 Å². The normalized spacial score (nSPS) is 18.1. The first-order valence-electron chi connectivity index (χ1n) is 7.20. The van der Waals surface area contributed by atoms with Crippen molar-refractivity contribution in [3.63, 3.8) is 0 Å². The van der Waals surface area contributed by atoms with Gasteiger partial charge in [-0.2, -0.15) is 0 Å². The van der Waals surface area contributed by atoms with Crippen molar-refractivity contribution in [3.05, 3.63) is 28.1 Å². The minimum Gasteiger partial charge on any atom is -0.466 e. The summed E-state index contributed by atoms with van der Waals surface area (Å²) in [5.41, 5.74) is 0.126. The van der Waals surface area contributed by atoms with Gasteiger partial charge in [-0.3, -0.25) is 19.7 Å². The number of nitrogens with zero attached hydrogens (tertiary/aromatic N) is 3. The van der Waals surface area contributed by atoms with E-state index in [9.17, 15) is 19.7 Å². The molecule has 0 N–H and O–H groups in total. The molecule has 1 amide bonds. The van der Waals surface area contributed by atoms with E-state index in [4.69, 9.17) is 4.74 Å². The van der Waals surface area contributed by atoms with Crippen molar-refractivity contribution in [1.29, 1.82) is 0 Å². The molecule has 1 aromatic rings. The number of esters is 1. The van der Waals surface area contributed by atoms with E-state index in [1.165, 1.54) is 16.8 Å². The van der Waals surface area contributed by atoms with Crippen molar-refractivity contribution in [3.8, 4) is 0 Å². The molecular weight excluding hydrogens is 290 g/mol. The predicted octanol–water partition coefficient (Wildman–Crippen LogP) is 1.35. The molecule has 0 saturated carbocycles. The van der Waals surface area contributed by atoms with Crippen LogP contribution in [0.25, 0.3) is 0 Å². The van der Waals surface area contributed by atoms with E-state index in [-0.39, 0.29) is 35.7 Å². The largest absolute Gasteiger partial charge is 0.466 e. The van der Waals surface area contributed by atoms with Gasteiger partial charge in [0, 0.05) is 26.2 Å². The maximum absolute atomic E-state index is 12.5. The zero-order valence-corrected chi connectivity index (χ0v) is 12.7. The fourth-order valence-electron chi connectivity index (χ4n) is 2.64. The highest BCUT2D eigenvalue weighted by atomic mass is 16.6. The van der Waals surface area contributed by atoms with Crippen molar-refractivity contribution >= 4 is 17.6 Å². The Labute approximate surface area is 127 Å². The highest BCUT2D eigenvalue weighted by Crippen LogP contribution is 2.22. The fraction of sp³-hybridized carbons (Fsp3) is 0.571. The van der Waals surface area contributed by atoms with Gasteiger partial charge in [-0.25, -0.2) is 0 Å². The smallest absolute Gasteiger partial charge is 0.310 e. The Morgan fingerprint density at radius 2 is 2.23 bits per heavy atom. The van der Waals surface area contributed by atoms with Crippen LogP contribution in [0.5, 0.6) is 0 Å². The van der Waals surface area contributed by atoms with Gasteiger partial charge in [0.25, 0.3) is 11.6 Å². The maximum atomic E-state index is 12.5. The van der Waals surface area contributed by atoms with Crippen LogP contribution in [-0.2, 0) is 16.6 Å². The molecule has 8 heteroatoms. The van der Waals surface area contributed by atoms with Gasteiger partial charge in [-0.05, 0) is 19.8 Å². The number of ether oxygens (including phenoxy) is 1. The van der Waals surface area contributed by atoms with Gasteiger partial charge < -0.3 is 14.2 Å². The summed E-state index contributed by atoms with van der Waals surface area (Å²) >= 11 is 0. The van der Waals surface area contributed by atoms with Gasteiger partial charge in [0.05, 0.1) is 23.6 Å². The van der Waals surface area contributed by atoms with Crippen LogP contribution < -0.4 is 0 Å². The number of hydrogen-bond acceptors (Lipinski definition) is 5. The van der Waals surface area contributed by atoms with Crippen LogP contribution in [0.3, 0.4) is 0 Å². The van der Waals surface area contributed by atoms with Gasteiger partial charge in [0.2, 0.25) is 0 Å². The lowest BCUT2D eigenvalue weighted by Crippen LogP contribution is -2.43. The van der Waals surface area contributed by atoms with E-state index < -0.39 is 4.92 Å². The molecule has 1 aliphatic heterocycles. The molecule has 0 aromatic carbocycles. The van der Waals surface area contributed by atoms with E-state index >= 15 is 0 Å². The minimum atomic E-state index is -0.533. The lowest BCUT2D eigenvalue weighted by Gasteiger charge is -2.31. The Kier molecular flexibility index (Phi) is 4.79. The summed E-state index contributed by atoms with van der Waals surface area (Å²) < 4.78 is 6.44. The number of likely N-dealkylation sites (tertiary alicyclic amines) is 1. The van der Waals surface area contributed by atoms with E-state index in [2.05, 4.69) is 0 Å². The molecule has 8 nitrogen and oxygen atoms in total. The number of aromatic nitrogens is 1. The predicted molar refractivity (Wildman–Crippen MR) is 77.3 cm³/mol. The van der Waals surface area contributed by atoms with Crippen molar-refractivity contribution < 1.29 is 19.2 Å². The molecule has 1 fully saturated rings. The van der Waals surface area contributed by atoms with Crippen LogP contribution in [0.15, 0.2) is 12.3 Å². The van der Waals surface area contributed by atoms with E-state index in [0.717, 1.165) is 0 Å². The average molecular weight is 309 g/mol. The number of hydrogen-bond donors (Lipinski definition) is 0. The molecule has 22 heavy (non-hydrogen) atoms. The number of piperidine rings is 1. The minimum absolute atomic E-state index is 0.121. The molecule has 0 bridgehead atoms. The van der Waals surface area contributed by atoms with Gasteiger partial charge in [0.15, 0.2) is 0 Å². The van der Waals surface area contributed by atoms with Crippen molar-refractivity contribution in [1.82, 2.24) is 9.47 Å². The Hall–Kier alpha value is -2.38. The van der Waals surface area contributed by atoms with Crippen LogP contribution >= 0.6 is 0 Å². The highest BCUT2D eigenvalue weighted by molar-refractivity contribution is 5.94. The lowest BCUT2D eigenvalue weighted by molar-refractivity contribution is -0.384. The van der Waals surface area contributed by atoms with E-state index in [1.807, 2.05) is 0 Å². The second-order valence-corrected chi connectivity index (χ2v) is 5.29. The SMILES string of the molecule is CCOC(=O)C1CCCN(C(=O)c2cc([N+](=O)[O-])cn2C)C1. The third-order valence-corrected chi connectivity index (χ3v) is 3.75. The first-order valence-corrected chi connectivity index (χ1v) is 7.20. The van der Waals surface area contributed by atoms with Crippen molar-refractivity contribution in [2.75, 3.05) is 19.7 Å². The second kappa shape index (κ2) is 6.59. The Morgan fingerprint density at radius 1 is 1.50 bits per heavy atom. The molecule has 120 valence electrons. The number of carbonyl (C=O) groups is 2. The lowest BCUT2D eigenvalue weighted by atomic mass is 9.98. The first kappa shape index (κ1) is 16.0. The molecule has 2 heterocycles.